The molecule has 2 N–H and O–H groups in total. The molecule has 4 rings (SSSR count). The van der Waals surface area contributed by atoms with E-state index < -0.39 is 6.04 Å². The number of hydrogen-bond donors (Lipinski definition) is 2. The maximum absolute atomic E-state index is 12.1. The number of aromatic nitrogens is 2. The maximum Gasteiger partial charge on any atom is 0.246 e. The SMILES string of the molecule is O=C1CC[C@H](C(=O)Nc2ccc(-c3cn4c(n3)SCC4)cc2)N1. The van der Waals surface area contributed by atoms with E-state index in [0.29, 0.717) is 12.8 Å². The normalized spacial score (nSPS) is 19.5. The first-order valence-corrected chi connectivity index (χ1v) is 8.58. The van der Waals surface area contributed by atoms with Gasteiger partial charge in [0.15, 0.2) is 5.16 Å². The fourth-order valence-electron chi connectivity index (χ4n) is 2.81. The number of hydrogen-bond acceptors (Lipinski definition) is 4. The zero-order valence-electron chi connectivity index (χ0n) is 12.4. The first kappa shape index (κ1) is 14.3. The zero-order chi connectivity index (χ0) is 15.8. The minimum Gasteiger partial charge on any atom is -0.344 e. The zero-order valence-corrected chi connectivity index (χ0v) is 13.2. The van der Waals surface area contributed by atoms with Gasteiger partial charge in [-0.3, -0.25) is 9.59 Å². The van der Waals surface area contributed by atoms with Gasteiger partial charge in [0.1, 0.15) is 6.04 Å². The highest BCUT2D eigenvalue weighted by Gasteiger charge is 2.27. The van der Waals surface area contributed by atoms with Crippen LogP contribution in [0.25, 0.3) is 11.3 Å². The van der Waals surface area contributed by atoms with Crippen molar-refractivity contribution in [1.29, 1.82) is 0 Å². The fourth-order valence-corrected chi connectivity index (χ4v) is 3.76. The number of amides is 2. The number of thioether (sulfide) groups is 1. The van der Waals surface area contributed by atoms with Gasteiger partial charge in [-0.1, -0.05) is 23.9 Å². The Hall–Kier alpha value is -2.28. The Balaban J connectivity index is 1.45. The van der Waals surface area contributed by atoms with Crippen molar-refractivity contribution >= 4 is 29.3 Å². The summed E-state index contributed by atoms with van der Waals surface area (Å²) in [5.41, 5.74) is 2.70. The van der Waals surface area contributed by atoms with Crippen LogP contribution in [0.4, 0.5) is 5.69 Å². The van der Waals surface area contributed by atoms with E-state index >= 15 is 0 Å². The maximum atomic E-state index is 12.1. The average Bonchev–Trinajstić information content (AvgIpc) is 3.23. The topological polar surface area (TPSA) is 76.0 Å². The Kier molecular flexibility index (Phi) is 3.57. The summed E-state index contributed by atoms with van der Waals surface area (Å²) < 4.78 is 2.17. The number of nitrogens with one attached hydrogen (secondary N) is 2. The molecule has 2 aliphatic rings. The molecule has 1 aromatic heterocycles. The summed E-state index contributed by atoms with van der Waals surface area (Å²) in [7, 11) is 0. The van der Waals surface area contributed by atoms with Gasteiger partial charge in [-0.2, -0.15) is 0 Å². The minimum absolute atomic E-state index is 0.0637. The van der Waals surface area contributed by atoms with Crippen LogP contribution in [0, 0.1) is 0 Å². The number of aryl methyl sites for hydroxylation is 1. The molecule has 1 saturated heterocycles. The van der Waals surface area contributed by atoms with Gasteiger partial charge in [-0.05, 0) is 18.6 Å². The van der Waals surface area contributed by atoms with E-state index in [2.05, 4.69) is 26.4 Å². The summed E-state index contributed by atoms with van der Waals surface area (Å²) in [6.45, 7) is 1.01. The van der Waals surface area contributed by atoms with E-state index in [4.69, 9.17) is 0 Å². The number of fused-ring (bicyclic) bond motifs is 1. The summed E-state index contributed by atoms with van der Waals surface area (Å²) in [5.74, 6) is 0.859. The standard InChI is InChI=1S/C16H16N4O2S/c21-14-6-5-12(18-14)15(22)17-11-3-1-10(2-4-11)13-9-20-7-8-23-16(20)19-13/h1-4,9,12H,5-8H2,(H,17,22)(H,18,21)/t12-/m1/s1. The van der Waals surface area contributed by atoms with Crippen LogP contribution in [0.15, 0.2) is 35.6 Å². The van der Waals surface area contributed by atoms with Crippen molar-refractivity contribution in [3.63, 3.8) is 0 Å². The number of carbonyl (C=O) groups excluding carboxylic acids is 2. The van der Waals surface area contributed by atoms with E-state index in [9.17, 15) is 9.59 Å². The lowest BCUT2D eigenvalue weighted by atomic mass is 10.1. The molecule has 1 aromatic carbocycles. The second-order valence-corrected chi connectivity index (χ2v) is 6.74. The third-order valence-electron chi connectivity index (χ3n) is 4.06. The third-order valence-corrected chi connectivity index (χ3v) is 5.03. The molecular weight excluding hydrogens is 312 g/mol. The third kappa shape index (κ3) is 2.84. The first-order chi connectivity index (χ1) is 11.2. The Morgan fingerprint density at radius 1 is 1.35 bits per heavy atom. The van der Waals surface area contributed by atoms with Crippen LogP contribution >= 0.6 is 11.8 Å². The van der Waals surface area contributed by atoms with Crippen molar-refractivity contribution in [2.75, 3.05) is 11.1 Å². The van der Waals surface area contributed by atoms with Crippen molar-refractivity contribution in [2.24, 2.45) is 0 Å². The number of carbonyl (C=O) groups is 2. The molecule has 118 valence electrons. The molecule has 0 aliphatic carbocycles. The second kappa shape index (κ2) is 5.73. The number of benzene rings is 1. The van der Waals surface area contributed by atoms with Crippen LogP contribution in [0.2, 0.25) is 0 Å². The fraction of sp³-hybridized carbons (Fsp3) is 0.312. The molecule has 2 amide bonds. The molecular formula is C16H16N4O2S. The molecule has 0 spiro atoms. The molecule has 2 aliphatic heterocycles. The predicted octanol–water partition coefficient (Wildman–Crippen LogP) is 1.87. The van der Waals surface area contributed by atoms with Gasteiger partial charge in [0.05, 0.1) is 5.69 Å². The molecule has 2 aromatic rings. The van der Waals surface area contributed by atoms with Gasteiger partial charge in [0, 0.05) is 36.2 Å². The summed E-state index contributed by atoms with van der Waals surface area (Å²) >= 11 is 1.77. The van der Waals surface area contributed by atoms with Gasteiger partial charge in [0.25, 0.3) is 0 Å². The minimum atomic E-state index is -0.421. The van der Waals surface area contributed by atoms with Crippen molar-refractivity contribution in [3.8, 4) is 11.3 Å². The van der Waals surface area contributed by atoms with Crippen LogP contribution in [-0.2, 0) is 16.1 Å². The summed E-state index contributed by atoms with van der Waals surface area (Å²) in [6.07, 6.45) is 3.04. The lowest BCUT2D eigenvalue weighted by molar-refractivity contribution is -0.122. The van der Waals surface area contributed by atoms with Crippen LogP contribution in [0.5, 0.6) is 0 Å². The Bertz CT molecular complexity index is 747. The quantitative estimate of drug-likeness (QED) is 0.902. The predicted molar refractivity (Wildman–Crippen MR) is 88.2 cm³/mol. The van der Waals surface area contributed by atoms with E-state index in [1.807, 2.05) is 24.3 Å². The second-order valence-electron chi connectivity index (χ2n) is 5.68. The molecule has 6 nitrogen and oxygen atoms in total. The molecule has 3 heterocycles. The average molecular weight is 328 g/mol. The van der Waals surface area contributed by atoms with Gasteiger partial charge in [0.2, 0.25) is 11.8 Å². The molecule has 0 saturated carbocycles. The largest absolute Gasteiger partial charge is 0.344 e. The number of rotatable bonds is 3. The van der Waals surface area contributed by atoms with Gasteiger partial charge in [-0.25, -0.2) is 4.98 Å². The van der Waals surface area contributed by atoms with Crippen LogP contribution in [-0.4, -0.2) is 33.2 Å². The van der Waals surface area contributed by atoms with Crippen LogP contribution < -0.4 is 10.6 Å². The van der Waals surface area contributed by atoms with Gasteiger partial charge in [-0.15, -0.1) is 0 Å². The Morgan fingerprint density at radius 3 is 2.87 bits per heavy atom. The highest BCUT2D eigenvalue weighted by Crippen LogP contribution is 2.29. The highest BCUT2D eigenvalue weighted by atomic mass is 32.2. The molecule has 0 bridgehead atoms. The first-order valence-electron chi connectivity index (χ1n) is 7.60. The highest BCUT2D eigenvalue weighted by molar-refractivity contribution is 7.99. The monoisotopic (exact) mass is 328 g/mol. The lowest BCUT2D eigenvalue weighted by Gasteiger charge is -2.11. The molecule has 0 radical (unpaired) electrons. The van der Waals surface area contributed by atoms with Crippen molar-refractivity contribution in [2.45, 2.75) is 30.6 Å². The lowest BCUT2D eigenvalue weighted by Crippen LogP contribution is -2.37. The molecule has 7 heteroatoms. The van der Waals surface area contributed by atoms with E-state index in [-0.39, 0.29) is 11.8 Å². The molecule has 0 unspecified atom stereocenters. The van der Waals surface area contributed by atoms with E-state index in [0.717, 1.165) is 34.4 Å². The van der Waals surface area contributed by atoms with Crippen molar-refractivity contribution in [1.82, 2.24) is 14.9 Å². The van der Waals surface area contributed by atoms with Gasteiger partial charge >= 0.3 is 0 Å². The molecule has 1 atom stereocenters. The van der Waals surface area contributed by atoms with Crippen molar-refractivity contribution < 1.29 is 9.59 Å². The Morgan fingerprint density at radius 2 is 2.17 bits per heavy atom. The van der Waals surface area contributed by atoms with Crippen molar-refractivity contribution in [3.05, 3.63) is 30.5 Å². The number of nitrogens with zero attached hydrogens (tertiary/aromatic N) is 2. The van der Waals surface area contributed by atoms with E-state index in [1.165, 1.54) is 0 Å². The summed E-state index contributed by atoms with van der Waals surface area (Å²) in [6, 6.07) is 7.20. The summed E-state index contributed by atoms with van der Waals surface area (Å²) in [4.78, 5) is 27.8. The Labute approximate surface area is 137 Å². The smallest absolute Gasteiger partial charge is 0.246 e. The number of imidazole rings is 1. The molecule has 1 fully saturated rings. The molecule has 23 heavy (non-hydrogen) atoms. The summed E-state index contributed by atoms with van der Waals surface area (Å²) in [5, 5.41) is 6.57. The van der Waals surface area contributed by atoms with Gasteiger partial charge < -0.3 is 15.2 Å². The van der Waals surface area contributed by atoms with Crippen LogP contribution in [0.1, 0.15) is 12.8 Å². The number of anilines is 1. The van der Waals surface area contributed by atoms with E-state index in [1.54, 1.807) is 11.8 Å². The van der Waals surface area contributed by atoms with Crippen LogP contribution in [0.3, 0.4) is 0 Å².